The van der Waals surface area contributed by atoms with Gasteiger partial charge in [-0.25, -0.2) is 0 Å². The predicted octanol–water partition coefficient (Wildman–Crippen LogP) is 4.40. The van der Waals surface area contributed by atoms with Crippen molar-refractivity contribution in [2.24, 2.45) is 17.8 Å². The van der Waals surface area contributed by atoms with Crippen molar-refractivity contribution in [1.82, 2.24) is 14.7 Å². The third-order valence-corrected chi connectivity index (χ3v) is 10.4. The molecule has 3 amide bonds. The Bertz CT molecular complexity index is 1040. The molecule has 5 aliphatic rings. The summed E-state index contributed by atoms with van der Waals surface area (Å²) >= 11 is 0. The summed E-state index contributed by atoms with van der Waals surface area (Å²) in [6.45, 7) is 0.472. The van der Waals surface area contributed by atoms with Gasteiger partial charge in [0, 0.05) is 37.7 Å². The lowest BCUT2D eigenvalue weighted by atomic mass is 9.76. The first-order valence-corrected chi connectivity index (χ1v) is 14.4. The highest BCUT2D eigenvalue weighted by molar-refractivity contribution is 6.05. The summed E-state index contributed by atoms with van der Waals surface area (Å²) in [5.41, 5.74) is 3.08. The minimum atomic E-state index is -0.529. The van der Waals surface area contributed by atoms with E-state index in [1.165, 1.54) is 75.3 Å². The number of amides is 3. The Balaban J connectivity index is 1.17. The van der Waals surface area contributed by atoms with Crippen LogP contribution in [0.1, 0.15) is 92.1 Å². The van der Waals surface area contributed by atoms with Crippen LogP contribution in [0.3, 0.4) is 0 Å². The molecular weight excluding hydrogens is 450 g/mol. The van der Waals surface area contributed by atoms with Crippen molar-refractivity contribution in [3.05, 3.63) is 34.9 Å². The number of piperidine rings is 1. The summed E-state index contributed by atoms with van der Waals surface area (Å²) < 4.78 is 0. The molecule has 4 fully saturated rings. The second-order valence-electron chi connectivity index (χ2n) is 12.3. The third kappa shape index (κ3) is 4.09. The summed E-state index contributed by atoms with van der Waals surface area (Å²) in [6.07, 6.45) is 14.2. The molecule has 0 aromatic heterocycles. The van der Waals surface area contributed by atoms with Crippen molar-refractivity contribution in [2.75, 3.05) is 14.1 Å². The molecule has 4 unspecified atom stereocenters. The molecule has 1 aromatic carbocycles. The van der Waals surface area contributed by atoms with E-state index in [1.807, 2.05) is 6.07 Å². The van der Waals surface area contributed by atoms with Crippen LogP contribution < -0.4 is 0 Å². The Labute approximate surface area is 215 Å². The molecule has 2 bridgehead atoms. The van der Waals surface area contributed by atoms with Crippen LogP contribution in [0.15, 0.2) is 18.2 Å². The van der Waals surface area contributed by atoms with E-state index >= 15 is 0 Å². The van der Waals surface area contributed by atoms with Crippen LogP contribution in [-0.2, 0) is 22.6 Å². The Morgan fingerprint density at radius 1 is 0.917 bits per heavy atom. The molecule has 6 rings (SSSR count). The van der Waals surface area contributed by atoms with Gasteiger partial charge < -0.3 is 4.90 Å². The molecule has 3 aliphatic carbocycles. The summed E-state index contributed by atoms with van der Waals surface area (Å²) in [5, 5.41) is 0. The van der Waals surface area contributed by atoms with Crippen LogP contribution in [0.5, 0.6) is 0 Å². The Morgan fingerprint density at radius 2 is 1.67 bits per heavy atom. The molecule has 0 N–H and O–H groups in total. The van der Waals surface area contributed by atoms with E-state index in [0.717, 1.165) is 35.4 Å². The fraction of sp³-hybridized carbons (Fsp3) is 0.700. The third-order valence-electron chi connectivity index (χ3n) is 10.4. The monoisotopic (exact) mass is 491 g/mol. The second kappa shape index (κ2) is 9.59. The molecule has 36 heavy (non-hydrogen) atoms. The summed E-state index contributed by atoms with van der Waals surface area (Å²) in [7, 11) is 3.95. The lowest BCUT2D eigenvalue weighted by Crippen LogP contribution is -2.53. The predicted molar refractivity (Wildman–Crippen MR) is 138 cm³/mol. The number of carbonyl (C=O) groups excluding carboxylic acids is 3. The van der Waals surface area contributed by atoms with Gasteiger partial charge in [-0.15, -0.1) is 0 Å². The first-order valence-electron chi connectivity index (χ1n) is 14.4. The van der Waals surface area contributed by atoms with Gasteiger partial charge >= 0.3 is 0 Å². The van der Waals surface area contributed by atoms with E-state index in [4.69, 9.17) is 0 Å². The van der Waals surface area contributed by atoms with Gasteiger partial charge in [0.1, 0.15) is 6.04 Å². The molecule has 5 atom stereocenters. The fourth-order valence-corrected chi connectivity index (χ4v) is 8.54. The van der Waals surface area contributed by atoms with Crippen molar-refractivity contribution in [3.8, 4) is 0 Å². The number of hydrogen-bond acceptors (Lipinski definition) is 4. The molecule has 6 heteroatoms. The number of likely N-dealkylation sites (N-methyl/N-ethyl adjacent to an activating group) is 1. The van der Waals surface area contributed by atoms with Gasteiger partial charge in [0.25, 0.3) is 11.8 Å². The summed E-state index contributed by atoms with van der Waals surface area (Å²) in [6, 6.07) is 7.27. The van der Waals surface area contributed by atoms with Gasteiger partial charge in [-0.05, 0) is 93.4 Å². The Kier molecular flexibility index (Phi) is 6.43. The average molecular weight is 492 g/mol. The van der Waals surface area contributed by atoms with Crippen molar-refractivity contribution in [3.63, 3.8) is 0 Å². The minimum absolute atomic E-state index is 0.0688. The molecule has 0 spiro atoms. The fourth-order valence-electron chi connectivity index (χ4n) is 8.54. The quantitative estimate of drug-likeness (QED) is 0.573. The van der Waals surface area contributed by atoms with Crippen molar-refractivity contribution >= 4 is 17.7 Å². The number of benzene rings is 1. The maximum atomic E-state index is 13.2. The normalized spacial score (nSPS) is 34.6. The first kappa shape index (κ1) is 24.1. The van der Waals surface area contributed by atoms with Crippen LogP contribution in [0.25, 0.3) is 0 Å². The van der Waals surface area contributed by atoms with Crippen LogP contribution in [0.2, 0.25) is 0 Å². The van der Waals surface area contributed by atoms with E-state index in [2.05, 4.69) is 24.1 Å². The first-order chi connectivity index (χ1) is 17.4. The zero-order valence-corrected chi connectivity index (χ0v) is 22.0. The molecule has 0 radical (unpaired) electrons. The topological polar surface area (TPSA) is 60.9 Å². The smallest absolute Gasteiger partial charge is 0.255 e. The number of imide groups is 1. The molecule has 2 heterocycles. The van der Waals surface area contributed by atoms with E-state index in [-0.39, 0.29) is 17.7 Å². The van der Waals surface area contributed by atoms with Gasteiger partial charge in [0.2, 0.25) is 5.91 Å². The molecule has 1 saturated heterocycles. The Morgan fingerprint density at radius 3 is 2.44 bits per heavy atom. The van der Waals surface area contributed by atoms with E-state index < -0.39 is 6.04 Å². The highest BCUT2D eigenvalue weighted by Gasteiger charge is 2.45. The number of carbonyl (C=O) groups is 3. The second-order valence-corrected chi connectivity index (χ2v) is 12.3. The summed E-state index contributed by atoms with van der Waals surface area (Å²) in [4.78, 5) is 43.5. The van der Waals surface area contributed by atoms with E-state index in [1.54, 1.807) is 4.90 Å². The molecule has 1 aromatic rings. The number of rotatable bonds is 5. The van der Waals surface area contributed by atoms with Crippen LogP contribution >= 0.6 is 0 Å². The Hall–Kier alpha value is -2.21. The van der Waals surface area contributed by atoms with Gasteiger partial charge in [-0.3, -0.25) is 24.2 Å². The number of fused-ring (bicyclic) bond motifs is 3. The molecular formula is C30H41N3O3. The van der Waals surface area contributed by atoms with Gasteiger partial charge in [-0.1, -0.05) is 31.4 Å². The highest BCUT2D eigenvalue weighted by Crippen LogP contribution is 2.46. The van der Waals surface area contributed by atoms with Crippen molar-refractivity contribution < 1.29 is 14.4 Å². The zero-order valence-electron chi connectivity index (χ0n) is 22.0. The van der Waals surface area contributed by atoms with Crippen molar-refractivity contribution in [2.45, 2.75) is 102 Å². The molecule has 3 saturated carbocycles. The lowest BCUT2D eigenvalue weighted by Gasteiger charge is -2.46. The number of hydrogen-bond donors (Lipinski definition) is 0. The van der Waals surface area contributed by atoms with Crippen LogP contribution in [0, 0.1) is 17.8 Å². The number of nitrogens with zero attached hydrogens (tertiary/aromatic N) is 3. The van der Waals surface area contributed by atoms with Gasteiger partial charge in [-0.2, -0.15) is 0 Å². The van der Waals surface area contributed by atoms with E-state index in [0.29, 0.717) is 31.3 Å². The van der Waals surface area contributed by atoms with Gasteiger partial charge in [0.05, 0.1) is 0 Å². The minimum Gasteiger partial charge on any atom is -0.322 e. The van der Waals surface area contributed by atoms with E-state index in [9.17, 15) is 14.4 Å². The number of likely N-dealkylation sites (tertiary alicyclic amines) is 1. The molecule has 194 valence electrons. The van der Waals surface area contributed by atoms with Crippen LogP contribution in [-0.4, -0.2) is 64.6 Å². The molecule has 6 nitrogen and oxygen atoms in total. The maximum Gasteiger partial charge on any atom is 0.255 e. The zero-order chi connectivity index (χ0) is 25.0. The van der Waals surface area contributed by atoms with Gasteiger partial charge in [0.15, 0.2) is 0 Å². The molecule has 2 aliphatic heterocycles. The highest BCUT2D eigenvalue weighted by atomic mass is 16.2. The summed E-state index contributed by atoms with van der Waals surface area (Å²) in [5.74, 6) is 2.00. The standard InChI is InChI=1S/C30H41N3O3/c1-31(28-20-7-5-8-21(28)12-11-20)25-9-4-3-6-22(25)16-19-10-13-24-23(17-19)18-33(29(24)35)26-14-15-27(34)32(2)30(26)36/h10,13,17,20-22,25-26,28H,3-9,11-12,14-16,18H2,1-2H3/t20?,21?,22-,25?,26?,28?/m1/s1. The maximum absolute atomic E-state index is 13.2. The lowest BCUT2D eigenvalue weighted by molar-refractivity contribution is -0.150. The van der Waals surface area contributed by atoms with Crippen molar-refractivity contribution in [1.29, 1.82) is 0 Å². The van der Waals surface area contributed by atoms with Crippen LogP contribution in [0.4, 0.5) is 0 Å². The average Bonchev–Trinajstić information content (AvgIpc) is 3.34. The largest absolute Gasteiger partial charge is 0.322 e. The SMILES string of the molecule is CN1C(=O)CCC(N2Cc3cc(C[C@H]4CCCCC4N(C)C4C5CCCC4CC5)ccc3C2=O)C1=O.